The van der Waals surface area contributed by atoms with Gasteiger partial charge in [-0.1, -0.05) is 52.3 Å². The predicted octanol–water partition coefficient (Wildman–Crippen LogP) is 5.89. The second-order valence-corrected chi connectivity index (χ2v) is 8.84. The van der Waals surface area contributed by atoms with Crippen LogP contribution in [0.5, 0.6) is 11.5 Å². The van der Waals surface area contributed by atoms with E-state index in [0.29, 0.717) is 35.8 Å². The van der Waals surface area contributed by atoms with E-state index in [9.17, 15) is 14.7 Å². The molecule has 0 unspecified atom stereocenters. The number of carboxylic acids is 1. The summed E-state index contributed by atoms with van der Waals surface area (Å²) in [7, 11) is 0. The Morgan fingerprint density at radius 2 is 1.76 bits per heavy atom. The maximum atomic E-state index is 12.4. The van der Waals surface area contributed by atoms with Crippen molar-refractivity contribution in [3.8, 4) is 11.5 Å². The summed E-state index contributed by atoms with van der Waals surface area (Å²) in [5, 5.41) is 12.1. The molecular weight excluding hydrogens is 601 g/mol. The lowest BCUT2D eigenvalue weighted by Gasteiger charge is -2.15. The Labute approximate surface area is 213 Å². The molecule has 0 radical (unpaired) electrons. The van der Waals surface area contributed by atoms with Crippen LogP contribution in [0.1, 0.15) is 28.4 Å². The van der Waals surface area contributed by atoms with Gasteiger partial charge in [0.25, 0.3) is 5.91 Å². The Bertz CT molecular complexity index is 1180. The van der Waals surface area contributed by atoms with E-state index in [1.165, 1.54) is 6.08 Å². The van der Waals surface area contributed by atoms with Crippen LogP contribution in [-0.2, 0) is 11.4 Å². The molecule has 0 fully saturated rings. The van der Waals surface area contributed by atoms with E-state index in [-0.39, 0.29) is 5.70 Å². The molecule has 0 aliphatic carbocycles. The number of nitrogens with one attached hydrogen (secondary N) is 1. The molecule has 6 nitrogen and oxygen atoms in total. The van der Waals surface area contributed by atoms with Gasteiger partial charge >= 0.3 is 5.97 Å². The average Bonchev–Trinajstić information content (AvgIpc) is 2.80. The Balaban J connectivity index is 1.88. The van der Waals surface area contributed by atoms with Crippen LogP contribution in [0.3, 0.4) is 0 Å². The van der Waals surface area contributed by atoms with Crippen molar-refractivity contribution in [1.82, 2.24) is 5.32 Å². The smallest absolute Gasteiger partial charge is 0.352 e. The first-order chi connectivity index (χ1) is 15.9. The number of benzene rings is 3. The number of rotatable bonds is 9. The highest BCUT2D eigenvalue weighted by atomic mass is 127. The first-order valence-corrected chi connectivity index (χ1v) is 11.9. The van der Waals surface area contributed by atoms with Crippen molar-refractivity contribution in [3.05, 3.63) is 97.2 Å². The third-order valence-corrected chi connectivity index (χ3v) is 6.06. The Morgan fingerprint density at radius 3 is 2.42 bits per heavy atom. The molecule has 0 atom stereocenters. The predicted molar refractivity (Wildman–Crippen MR) is 138 cm³/mol. The highest BCUT2D eigenvalue weighted by molar-refractivity contribution is 14.1. The van der Waals surface area contributed by atoms with Crippen molar-refractivity contribution in [2.45, 2.75) is 13.5 Å². The molecule has 0 aromatic heterocycles. The fourth-order valence-electron chi connectivity index (χ4n) is 2.94. The molecule has 3 aromatic carbocycles. The molecule has 170 valence electrons. The summed E-state index contributed by atoms with van der Waals surface area (Å²) in [4.78, 5) is 24.2. The highest BCUT2D eigenvalue weighted by Crippen LogP contribution is 2.36. The maximum absolute atomic E-state index is 12.4. The minimum atomic E-state index is -1.25. The quantitative estimate of drug-likeness (QED) is 0.230. The lowest BCUT2D eigenvalue weighted by atomic mass is 10.1. The number of halogens is 2. The van der Waals surface area contributed by atoms with Gasteiger partial charge in [0.15, 0.2) is 11.5 Å². The zero-order valence-corrected chi connectivity index (χ0v) is 21.4. The molecule has 33 heavy (non-hydrogen) atoms. The maximum Gasteiger partial charge on any atom is 0.352 e. The number of carbonyl (C=O) groups is 2. The summed E-state index contributed by atoms with van der Waals surface area (Å²) in [6, 6.07) is 19.7. The van der Waals surface area contributed by atoms with Crippen LogP contribution in [0, 0.1) is 3.57 Å². The molecule has 1 amide bonds. The van der Waals surface area contributed by atoms with Crippen molar-refractivity contribution in [1.29, 1.82) is 0 Å². The zero-order chi connectivity index (χ0) is 23.8. The minimum absolute atomic E-state index is 0.246. The summed E-state index contributed by atoms with van der Waals surface area (Å²) in [6.45, 7) is 2.60. The molecule has 3 aromatic rings. The largest absolute Gasteiger partial charge is 0.490 e. The van der Waals surface area contributed by atoms with Crippen molar-refractivity contribution >= 4 is 56.5 Å². The molecule has 0 saturated heterocycles. The van der Waals surface area contributed by atoms with Gasteiger partial charge in [-0.15, -0.1) is 0 Å². The molecular formula is C25H21BrINO5. The van der Waals surface area contributed by atoms with Gasteiger partial charge in [0, 0.05) is 15.6 Å². The molecule has 0 aliphatic heterocycles. The number of hydrogen-bond acceptors (Lipinski definition) is 4. The summed E-state index contributed by atoms with van der Waals surface area (Å²) in [5.74, 6) is -0.698. The molecule has 0 aliphatic rings. The van der Waals surface area contributed by atoms with E-state index < -0.39 is 11.9 Å². The lowest BCUT2D eigenvalue weighted by Crippen LogP contribution is -2.27. The fourth-order valence-corrected chi connectivity index (χ4v) is 4.12. The average molecular weight is 622 g/mol. The third kappa shape index (κ3) is 6.82. The third-order valence-electron chi connectivity index (χ3n) is 4.49. The lowest BCUT2D eigenvalue weighted by molar-refractivity contribution is -0.132. The molecule has 2 N–H and O–H groups in total. The number of carboxylic acid groups (broad SMARTS) is 1. The second kappa shape index (κ2) is 11.9. The number of ether oxygens (including phenoxy) is 2. The molecule has 0 bridgehead atoms. The van der Waals surface area contributed by atoms with Crippen LogP contribution < -0.4 is 14.8 Å². The first-order valence-electron chi connectivity index (χ1n) is 10.0. The van der Waals surface area contributed by atoms with Crippen LogP contribution in [0.15, 0.2) is 76.9 Å². The monoisotopic (exact) mass is 621 g/mol. The first kappa shape index (κ1) is 24.8. The van der Waals surface area contributed by atoms with Crippen molar-refractivity contribution < 1.29 is 24.2 Å². The fraction of sp³-hybridized carbons (Fsp3) is 0.120. The van der Waals surface area contributed by atoms with Crippen LogP contribution in [0.2, 0.25) is 0 Å². The number of amides is 1. The molecule has 0 spiro atoms. The van der Waals surface area contributed by atoms with Crippen molar-refractivity contribution in [2.75, 3.05) is 6.61 Å². The van der Waals surface area contributed by atoms with Gasteiger partial charge in [-0.25, -0.2) is 4.79 Å². The van der Waals surface area contributed by atoms with E-state index in [1.807, 2.05) is 31.2 Å². The summed E-state index contributed by atoms with van der Waals surface area (Å²) in [5.41, 5.74) is 1.66. The van der Waals surface area contributed by atoms with Gasteiger partial charge in [0.1, 0.15) is 12.3 Å². The SMILES string of the molecule is CCOc1cc(C=C(NC(=O)c2ccccc2)C(=O)O)cc(I)c1OCc1ccccc1Br. The van der Waals surface area contributed by atoms with Crippen molar-refractivity contribution in [3.63, 3.8) is 0 Å². The van der Waals surface area contributed by atoms with E-state index in [0.717, 1.165) is 13.6 Å². The molecule has 8 heteroatoms. The summed E-state index contributed by atoms with van der Waals surface area (Å²) >= 11 is 5.64. The topological polar surface area (TPSA) is 84.9 Å². The van der Waals surface area contributed by atoms with Crippen LogP contribution >= 0.6 is 38.5 Å². The molecule has 3 rings (SSSR count). The minimum Gasteiger partial charge on any atom is -0.490 e. The van der Waals surface area contributed by atoms with Gasteiger partial charge in [0.2, 0.25) is 0 Å². The molecule has 0 heterocycles. The van der Waals surface area contributed by atoms with Crippen LogP contribution in [0.4, 0.5) is 0 Å². The Hall–Kier alpha value is -2.85. The standard InChI is InChI=1S/C25H21BrINO5/c1-2-32-22-14-16(12-20(27)23(22)33-15-18-10-6-7-11-19(18)26)13-21(25(30)31)28-24(29)17-8-4-3-5-9-17/h3-14H,2,15H2,1H3,(H,28,29)(H,30,31). The van der Waals surface area contributed by atoms with Gasteiger partial charge in [-0.05, 0) is 71.5 Å². The van der Waals surface area contributed by atoms with Gasteiger partial charge in [-0.3, -0.25) is 4.79 Å². The number of aliphatic carboxylic acids is 1. The second-order valence-electron chi connectivity index (χ2n) is 6.83. The van der Waals surface area contributed by atoms with Gasteiger partial charge in [-0.2, -0.15) is 0 Å². The molecule has 0 saturated carbocycles. The van der Waals surface area contributed by atoms with E-state index in [2.05, 4.69) is 43.8 Å². The Morgan fingerprint density at radius 1 is 1.06 bits per heavy atom. The van der Waals surface area contributed by atoms with Crippen molar-refractivity contribution in [2.24, 2.45) is 0 Å². The summed E-state index contributed by atoms with van der Waals surface area (Å²) in [6.07, 6.45) is 1.39. The van der Waals surface area contributed by atoms with Gasteiger partial charge in [0.05, 0.1) is 10.2 Å². The van der Waals surface area contributed by atoms with Crippen LogP contribution in [-0.4, -0.2) is 23.6 Å². The van der Waals surface area contributed by atoms with E-state index in [1.54, 1.807) is 42.5 Å². The van der Waals surface area contributed by atoms with Gasteiger partial charge < -0.3 is 19.9 Å². The summed E-state index contributed by atoms with van der Waals surface area (Å²) < 4.78 is 13.5. The highest BCUT2D eigenvalue weighted by Gasteiger charge is 2.16. The number of carbonyl (C=O) groups excluding carboxylic acids is 1. The zero-order valence-electron chi connectivity index (χ0n) is 17.7. The van der Waals surface area contributed by atoms with E-state index >= 15 is 0 Å². The normalized spacial score (nSPS) is 11.1. The number of hydrogen-bond donors (Lipinski definition) is 2. The van der Waals surface area contributed by atoms with Crippen LogP contribution in [0.25, 0.3) is 6.08 Å². The van der Waals surface area contributed by atoms with E-state index in [4.69, 9.17) is 9.47 Å². The Kier molecular flexibility index (Phi) is 8.90.